The quantitative estimate of drug-likeness (QED) is 0.726. The van der Waals surface area contributed by atoms with E-state index in [1.165, 1.54) is 37.8 Å². The predicted molar refractivity (Wildman–Crippen MR) is 98.7 cm³/mol. The van der Waals surface area contributed by atoms with Gasteiger partial charge < -0.3 is 5.32 Å². The van der Waals surface area contributed by atoms with Crippen LogP contribution < -0.4 is 16.2 Å². The Morgan fingerprint density at radius 1 is 1.23 bits per heavy atom. The smallest absolute Gasteiger partial charge is 0.226 e. The lowest BCUT2D eigenvalue weighted by molar-refractivity contribution is -0.126. The van der Waals surface area contributed by atoms with Crippen molar-refractivity contribution in [2.24, 2.45) is 11.8 Å². The number of hydrogen-bond donors (Lipinski definition) is 3. The number of amides is 1. The van der Waals surface area contributed by atoms with E-state index < -0.39 is 0 Å². The summed E-state index contributed by atoms with van der Waals surface area (Å²) in [6, 6.07) is 7.20. The Hall–Kier alpha value is -1.50. The molecule has 2 saturated heterocycles. The van der Waals surface area contributed by atoms with Crippen LogP contribution in [-0.2, 0) is 4.79 Å². The van der Waals surface area contributed by atoms with Gasteiger partial charge in [-0.25, -0.2) is 4.39 Å². The highest BCUT2D eigenvalue weighted by Crippen LogP contribution is 2.38. The van der Waals surface area contributed by atoms with Gasteiger partial charge in [0.1, 0.15) is 5.82 Å². The largest absolute Gasteiger partial charge is 0.354 e. The van der Waals surface area contributed by atoms with Gasteiger partial charge in [-0.2, -0.15) is 0 Å². The highest BCUT2D eigenvalue weighted by Gasteiger charge is 2.46. The van der Waals surface area contributed by atoms with Crippen molar-refractivity contribution in [1.82, 2.24) is 21.1 Å². The van der Waals surface area contributed by atoms with Crippen LogP contribution in [0.5, 0.6) is 0 Å². The van der Waals surface area contributed by atoms with Crippen LogP contribution in [0.3, 0.4) is 0 Å². The second-order valence-corrected chi connectivity index (χ2v) is 8.02. The number of hydrazine groups is 1. The molecule has 5 nitrogen and oxygen atoms in total. The molecule has 3 aliphatic rings. The molecule has 0 aromatic heterocycles. The molecule has 0 radical (unpaired) electrons. The van der Waals surface area contributed by atoms with Gasteiger partial charge >= 0.3 is 0 Å². The van der Waals surface area contributed by atoms with E-state index in [0.29, 0.717) is 12.5 Å². The van der Waals surface area contributed by atoms with Crippen molar-refractivity contribution in [3.05, 3.63) is 35.6 Å². The average molecular weight is 360 g/mol. The van der Waals surface area contributed by atoms with Crippen molar-refractivity contribution >= 4 is 5.91 Å². The van der Waals surface area contributed by atoms with Crippen molar-refractivity contribution in [2.45, 2.75) is 50.7 Å². The second-order valence-electron chi connectivity index (χ2n) is 8.02. The molecule has 0 spiro atoms. The molecule has 1 amide bonds. The molecule has 0 bridgehead atoms. The van der Waals surface area contributed by atoms with E-state index in [9.17, 15) is 9.18 Å². The Kier molecular flexibility index (Phi) is 5.25. The van der Waals surface area contributed by atoms with Crippen LogP contribution >= 0.6 is 0 Å². The predicted octanol–water partition coefficient (Wildman–Crippen LogP) is 1.97. The van der Waals surface area contributed by atoms with Crippen molar-refractivity contribution in [3.63, 3.8) is 0 Å². The van der Waals surface area contributed by atoms with Gasteiger partial charge in [-0.3, -0.25) is 20.5 Å². The topological polar surface area (TPSA) is 56.4 Å². The van der Waals surface area contributed by atoms with E-state index in [1.54, 1.807) is 0 Å². The van der Waals surface area contributed by atoms with Gasteiger partial charge in [0.25, 0.3) is 0 Å². The number of hydrogen-bond acceptors (Lipinski definition) is 4. The molecule has 3 fully saturated rings. The molecular weight excluding hydrogens is 331 g/mol. The fourth-order valence-corrected chi connectivity index (χ4v) is 4.49. The van der Waals surface area contributed by atoms with Gasteiger partial charge in [-0.05, 0) is 69.3 Å². The maximum Gasteiger partial charge on any atom is 0.226 e. The number of carbonyl (C=O) groups is 1. The number of nitrogens with zero attached hydrogens (tertiary/aromatic N) is 1. The Balaban J connectivity index is 1.43. The Labute approximate surface area is 154 Å². The molecule has 2 heterocycles. The van der Waals surface area contributed by atoms with E-state index >= 15 is 0 Å². The lowest BCUT2D eigenvalue weighted by atomic mass is 9.91. The average Bonchev–Trinajstić information content (AvgIpc) is 3.19. The first-order chi connectivity index (χ1) is 12.6. The summed E-state index contributed by atoms with van der Waals surface area (Å²) in [6.07, 6.45) is 4.79. The highest BCUT2D eigenvalue weighted by atomic mass is 19.1. The van der Waals surface area contributed by atoms with Crippen LogP contribution in [-0.4, -0.2) is 42.5 Å². The first-order valence-corrected chi connectivity index (χ1v) is 9.92. The Morgan fingerprint density at radius 3 is 2.58 bits per heavy atom. The zero-order valence-corrected chi connectivity index (χ0v) is 15.4. The molecule has 4 rings (SSSR count). The summed E-state index contributed by atoms with van der Waals surface area (Å²) in [4.78, 5) is 15.3. The van der Waals surface area contributed by atoms with Crippen molar-refractivity contribution in [1.29, 1.82) is 0 Å². The molecule has 26 heavy (non-hydrogen) atoms. The number of likely N-dealkylation sites (tertiary alicyclic amines) is 1. The van der Waals surface area contributed by atoms with Gasteiger partial charge in [0.2, 0.25) is 5.91 Å². The van der Waals surface area contributed by atoms with E-state index in [0.717, 1.165) is 18.7 Å². The zero-order chi connectivity index (χ0) is 18.1. The van der Waals surface area contributed by atoms with E-state index in [4.69, 9.17) is 0 Å². The SMILES string of the molecule is CC1NNC(C2CC2)C1C(=O)NCC(c1ccc(F)cc1)N1CCCC1. The maximum atomic E-state index is 13.3. The molecule has 6 heteroatoms. The van der Waals surface area contributed by atoms with Crippen LogP contribution in [0.15, 0.2) is 24.3 Å². The maximum absolute atomic E-state index is 13.3. The lowest BCUT2D eigenvalue weighted by Crippen LogP contribution is -2.45. The summed E-state index contributed by atoms with van der Waals surface area (Å²) in [7, 11) is 0. The molecule has 4 unspecified atom stereocenters. The summed E-state index contributed by atoms with van der Waals surface area (Å²) in [5.74, 6) is 0.491. The third-order valence-corrected chi connectivity index (χ3v) is 6.14. The highest BCUT2D eigenvalue weighted by molar-refractivity contribution is 5.80. The third-order valence-electron chi connectivity index (χ3n) is 6.14. The van der Waals surface area contributed by atoms with Crippen molar-refractivity contribution in [2.75, 3.05) is 19.6 Å². The summed E-state index contributed by atoms with van der Waals surface area (Å²) in [5, 5.41) is 3.20. The number of carbonyl (C=O) groups excluding carboxylic acids is 1. The summed E-state index contributed by atoms with van der Waals surface area (Å²) in [6.45, 7) is 4.71. The molecular formula is C20H29FN4O. The van der Waals surface area contributed by atoms with Gasteiger partial charge in [0.05, 0.1) is 12.0 Å². The van der Waals surface area contributed by atoms with Crippen LogP contribution in [0.1, 0.15) is 44.2 Å². The normalized spacial score (nSPS) is 30.5. The third kappa shape index (κ3) is 3.77. The molecule has 1 saturated carbocycles. The molecule has 142 valence electrons. The van der Waals surface area contributed by atoms with Gasteiger partial charge in [-0.1, -0.05) is 12.1 Å². The van der Waals surface area contributed by atoms with Crippen LogP contribution in [0.2, 0.25) is 0 Å². The van der Waals surface area contributed by atoms with Crippen molar-refractivity contribution in [3.8, 4) is 0 Å². The first-order valence-electron chi connectivity index (χ1n) is 9.92. The summed E-state index contributed by atoms with van der Waals surface area (Å²) < 4.78 is 13.3. The number of halogens is 1. The van der Waals surface area contributed by atoms with Gasteiger partial charge in [-0.15, -0.1) is 0 Å². The fourth-order valence-electron chi connectivity index (χ4n) is 4.49. The van der Waals surface area contributed by atoms with Crippen molar-refractivity contribution < 1.29 is 9.18 Å². The monoisotopic (exact) mass is 360 g/mol. The second kappa shape index (κ2) is 7.62. The molecule has 2 aliphatic heterocycles. The number of nitrogens with one attached hydrogen (secondary N) is 3. The minimum absolute atomic E-state index is 0.0325. The Bertz CT molecular complexity index is 627. The molecule has 1 aliphatic carbocycles. The molecule has 3 N–H and O–H groups in total. The molecule has 1 aromatic rings. The Morgan fingerprint density at radius 2 is 1.92 bits per heavy atom. The fraction of sp³-hybridized carbons (Fsp3) is 0.650. The summed E-state index contributed by atoms with van der Waals surface area (Å²) in [5.41, 5.74) is 7.63. The van der Waals surface area contributed by atoms with Gasteiger partial charge in [0, 0.05) is 18.6 Å². The zero-order valence-electron chi connectivity index (χ0n) is 15.4. The van der Waals surface area contributed by atoms with E-state index in [1.807, 2.05) is 12.1 Å². The molecule has 4 atom stereocenters. The molecule has 1 aromatic carbocycles. The summed E-state index contributed by atoms with van der Waals surface area (Å²) >= 11 is 0. The minimum Gasteiger partial charge on any atom is -0.354 e. The standard InChI is InChI=1S/C20H29FN4O/c1-13-18(19(24-23-13)15-4-5-15)20(26)22-12-17(25-10-2-3-11-25)14-6-8-16(21)9-7-14/h6-9,13,15,17-19,23-24H,2-5,10-12H2,1H3,(H,22,26). The van der Waals surface area contributed by atoms with E-state index in [2.05, 4.69) is 28.0 Å². The lowest BCUT2D eigenvalue weighted by Gasteiger charge is -2.29. The number of rotatable bonds is 6. The van der Waals surface area contributed by atoms with Crippen LogP contribution in [0.25, 0.3) is 0 Å². The van der Waals surface area contributed by atoms with Crippen LogP contribution in [0, 0.1) is 17.7 Å². The minimum atomic E-state index is -0.220. The van der Waals surface area contributed by atoms with E-state index in [-0.39, 0.29) is 35.8 Å². The van der Waals surface area contributed by atoms with Crippen LogP contribution in [0.4, 0.5) is 4.39 Å². The van der Waals surface area contributed by atoms with Gasteiger partial charge in [0.15, 0.2) is 0 Å². The number of benzene rings is 1. The first kappa shape index (κ1) is 17.9.